The van der Waals surface area contributed by atoms with E-state index in [2.05, 4.69) is 5.32 Å². The van der Waals surface area contributed by atoms with E-state index in [0.717, 1.165) is 22.4 Å². The van der Waals surface area contributed by atoms with E-state index in [9.17, 15) is 5.11 Å². The van der Waals surface area contributed by atoms with Gasteiger partial charge in [0.1, 0.15) is 5.75 Å². The molecule has 2 rings (SSSR count). The van der Waals surface area contributed by atoms with Crippen molar-refractivity contribution in [3.8, 4) is 5.75 Å². The van der Waals surface area contributed by atoms with Crippen molar-refractivity contribution < 1.29 is 5.11 Å². The number of phenols is 1. The van der Waals surface area contributed by atoms with Crippen LogP contribution in [0.4, 0.5) is 5.69 Å². The maximum absolute atomic E-state index is 9.82. The van der Waals surface area contributed by atoms with Gasteiger partial charge in [-0.05, 0) is 36.2 Å². The van der Waals surface area contributed by atoms with Crippen LogP contribution in [0.3, 0.4) is 0 Å². The Labute approximate surface area is 112 Å². The first-order chi connectivity index (χ1) is 8.60. The Morgan fingerprint density at radius 2 is 1.94 bits per heavy atom. The summed E-state index contributed by atoms with van der Waals surface area (Å²) in [6, 6.07) is 11.5. The van der Waals surface area contributed by atoms with Gasteiger partial charge >= 0.3 is 0 Å². The number of phenolic OH excluding ortho intramolecular Hbond substituents is 1. The summed E-state index contributed by atoms with van der Waals surface area (Å²) < 4.78 is 0. The lowest BCUT2D eigenvalue weighted by molar-refractivity contribution is 0.469. The highest BCUT2D eigenvalue weighted by molar-refractivity contribution is 6.33. The van der Waals surface area contributed by atoms with Crippen LogP contribution in [-0.2, 0) is 6.42 Å². The SMILES string of the molecule is CNc1ccc(Cc2cc(C)ccc2O)cc1Cl. The van der Waals surface area contributed by atoms with E-state index in [1.165, 1.54) is 0 Å². The third-order valence-electron chi connectivity index (χ3n) is 2.93. The van der Waals surface area contributed by atoms with Crippen LogP contribution in [-0.4, -0.2) is 12.2 Å². The van der Waals surface area contributed by atoms with Gasteiger partial charge in [0.25, 0.3) is 0 Å². The van der Waals surface area contributed by atoms with Crippen LogP contribution in [0.1, 0.15) is 16.7 Å². The topological polar surface area (TPSA) is 32.3 Å². The van der Waals surface area contributed by atoms with Crippen molar-refractivity contribution in [1.29, 1.82) is 0 Å². The minimum atomic E-state index is 0.328. The van der Waals surface area contributed by atoms with Crippen LogP contribution < -0.4 is 5.32 Å². The number of benzene rings is 2. The zero-order valence-corrected chi connectivity index (χ0v) is 11.3. The highest BCUT2D eigenvalue weighted by atomic mass is 35.5. The second-order valence-corrected chi connectivity index (χ2v) is 4.78. The van der Waals surface area contributed by atoms with Gasteiger partial charge in [-0.25, -0.2) is 0 Å². The van der Waals surface area contributed by atoms with Gasteiger partial charge in [-0.2, -0.15) is 0 Å². The van der Waals surface area contributed by atoms with Crippen molar-refractivity contribution in [3.05, 3.63) is 58.1 Å². The average Bonchev–Trinajstić information content (AvgIpc) is 2.34. The van der Waals surface area contributed by atoms with E-state index in [0.29, 0.717) is 17.2 Å². The molecule has 0 atom stereocenters. The molecule has 0 unspecified atom stereocenters. The van der Waals surface area contributed by atoms with Crippen LogP contribution in [0.25, 0.3) is 0 Å². The van der Waals surface area contributed by atoms with Crippen LogP contribution in [0.2, 0.25) is 5.02 Å². The Bertz CT molecular complexity index is 566. The molecule has 2 aromatic rings. The lowest BCUT2D eigenvalue weighted by atomic mass is 10.0. The quantitative estimate of drug-likeness (QED) is 0.876. The maximum atomic E-state index is 9.82. The molecule has 0 saturated heterocycles. The lowest BCUT2D eigenvalue weighted by Crippen LogP contribution is -1.93. The molecule has 0 aliphatic heterocycles. The zero-order valence-electron chi connectivity index (χ0n) is 10.5. The van der Waals surface area contributed by atoms with Crippen molar-refractivity contribution in [2.24, 2.45) is 0 Å². The van der Waals surface area contributed by atoms with Gasteiger partial charge in [-0.1, -0.05) is 35.4 Å². The second kappa shape index (κ2) is 5.32. The van der Waals surface area contributed by atoms with E-state index < -0.39 is 0 Å². The highest BCUT2D eigenvalue weighted by Crippen LogP contribution is 2.26. The normalized spacial score (nSPS) is 10.4. The minimum absolute atomic E-state index is 0.328. The van der Waals surface area contributed by atoms with E-state index in [-0.39, 0.29) is 0 Å². The molecule has 0 saturated carbocycles. The van der Waals surface area contributed by atoms with Gasteiger partial charge < -0.3 is 10.4 Å². The van der Waals surface area contributed by atoms with Crippen LogP contribution >= 0.6 is 11.6 Å². The zero-order chi connectivity index (χ0) is 13.1. The maximum Gasteiger partial charge on any atom is 0.119 e. The fourth-order valence-corrected chi connectivity index (χ4v) is 2.24. The molecule has 0 amide bonds. The van der Waals surface area contributed by atoms with E-state index >= 15 is 0 Å². The Morgan fingerprint density at radius 3 is 2.61 bits per heavy atom. The first-order valence-corrected chi connectivity index (χ1v) is 6.22. The fourth-order valence-electron chi connectivity index (χ4n) is 1.95. The monoisotopic (exact) mass is 261 g/mol. The number of halogens is 1. The lowest BCUT2D eigenvalue weighted by Gasteiger charge is -2.09. The smallest absolute Gasteiger partial charge is 0.119 e. The van der Waals surface area contributed by atoms with Gasteiger partial charge in [-0.15, -0.1) is 0 Å². The Morgan fingerprint density at radius 1 is 1.17 bits per heavy atom. The van der Waals surface area contributed by atoms with E-state index in [1.807, 2.05) is 44.3 Å². The van der Waals surface area contributed by atoms with Crippen molar-refractivity contribution >= 4 is 17.3 Å². The molecule has 3 heteroatoms. The van der Waals surface area contributed by atoms with Gasteiger partial charge in [0.05, 0.1) is 10.7 Å². The van der Waals surface area contributed by atoms with E-state index in [1.54, 1.807) is 6.07 Å². The first-order valence-electron chi connectivity index (χ1n) is 5.85. The van der Waals surface area contributed by atoms with Crippen molar-refractivity contribution in [3.63, 3.8) is 0 Å². The standard InChI is InChI=1S/C15H16ClNO/c1-10-3-6-15(18)12(7-10)8-11-4-5-14(17-2)13(16)9-11/h3-7,9,17-18H,8H2,1-2H3. The van der Waals surface area contributed by atoms with Crippen LogP contribution in [0, 0.1) is 6.92 Å². The van der Waals surface area contributed by atoms with Gasteiger partial charge in [-0.3, -0.25) is 0 Å². The molecule has 0 spiro atoms. The molecule has 0 heterocycles. The second-order valence-electron chi connectivity index (χ2n) is 4.37. The Hall–Kier alpha value is -1.67. The molecular formula is C15H16ClNO. The largest absolute Gasteiger partial charge is 0.508 e. The molecule has 18 heavy (non-hydrogen) atoms. The van der Waals surface area contributed by atoms with Gasteiger partial charge in [0, 0.05) is 13.5 Å². The molecule has 2 N–H and O–H groups in total. The summed E-state index contributed by atoms with van der Waals surface area (Å²) in [7, 11) is 1.84. The number of hydrogen-bond donors (Lipinski definition) is 2. The third kappa shape index (κ3) is 2.77. The Balaban J connectivity index is 2.28. The molecule has 2 aromatic carbocycles. The number of aromatic hydroxyl groups is 1. The summed E-state index contributed by atoms with van der Waals surface area (Å²) >= 11 is 6.14. The fraction of sp³-hybridized carbons (Fsp3) is 0.200. The van der Waals surface area contributed by atoms with Crippen molar-refractivity contribution in [1.82, 2.24) is 0 Å². The number of aryl methyl sites for hydroxylation is 1. The number of rotatable bonds is 3. The summed E-state index contributed by atoms with van der Waals surface area (Å²) in [4.78, 5) is 0. The van der Waals surface area contributed by atoms with Crippen LogP contribution in [0.15, 0.2) is 36.4 Å². The van der Waals surface area contributed by atoms with Crippen molar-refractivity contribution in [2.45, 2.75) is 13.3 Å². The molecule has 0 fully saturated rings. The summed E-state index contributed by atoms with van der Waals surface area (Å²) in [6.07, 6.45) is 0.678. The summed E-state index contributed by atoms with van der Waals surface area (Å²) in [5.74, 6) is 0.328. The average molecular weight is 262 g/mol. The molecule has 0 aliphatic carbocycles. The third-order valence-corrected chi connectivity index (χ3v) is 3.25. The number of anilines is 1. The molecule has 0 radical (unpaired) electrons. The highest BCUT2D eigenvalue weighted by Gasteiger charge is 2.05. The molecular weight excluding hydrogens is 246 g/mol. The predicted octanol–water partition coefficient (Wildman–Crippen LogP) is 3.99. The predicted molar refractivity (Wildman–Crippen MR) is 76.6 cm³/mol. The van der Waals surface area contributed by atoms with Gasteiger partial charge in [0.15, 0.2) is 0 Å². The molecule has 2 nitrogen and oxygen atoms in total. The first kappa shape index (κ1) is 12.8. The molecule has 0 bridgehead atoms. The van der Waals surface area contributed by atoms with Crippen LogP contribution in [0.5, 0.6) is 5.75 Å². The minimum Gasteiger partial charge on any atom is -0.508 e. The summed E-state index contributed by atoms with van der Waals surface area (Å²) in [6.45, 7) is 2.01. The molecule has 94 valence electrons. The van der Waals surface area contributed by atoms with Crippen molar-refractivity contribution in [2.75, 3.05) is 12.4 Å². The molecule has 0 aromatic heterocycles. The summed E-state index contributed by atoms with van der Waals surface area (Å²) in [5, 5.41) is 13.5. The number of hydrogen-bond acceptors (Lipinski definition) is 2. The Kier molecular flexibility index (Phi) is 3.78. The van der Waals surface area contributed by atoms with Gasteiger partial charge in [0.2, 0.25) is 0 Å². The summed E-state index contributed by atoms with van der Waals surface area (Å²) in [5.41, 5.74) is 4.05. The number of nitrogens with one attached hydrogen (secondary N) is 1. The van der Waals surface area contributed by atoms with E-state index in [4.69, 9.17) is 11.6 Å². The molecule has 0 aliphatic rings.